The molecule has 22 heavy (non-hydrogen) atoms. The Bertz CT molecular complexity index is 351. The molecule has 2 nitrogen and oxygen atoms in total. The van der Waals surface area contributed by atoms with Gasteiger partial charge in [0, 0.05) is 6.61 Å². The minimum Gasteiger partial charge on any atom is -0.396 e. The van der Waals surface area contributed by atoms with E-state index < -0.39 is 0 Å². The Balaban J connectivity index is 0.00000441. The minimum atomic E-state index is -0.377. The Kier molecular flexibility index (Phi) is 13.7. The summed E-state index contributed by atoms with van der Waals surface area (Å²) in [5.74, 6) is 0. The van der Waals surface area contributed by atoms with Gasteiger partial charge in [0.2, 0.25) is 0 Å². The minimum absolute atomic E-state index is 0. The number of rotatable bonds is 12. The van der Waals surface area contributed by atoms with E-state index in [9.17, 15) is 5.11 Å². The topological polar surface area (TPSA) is 40.5 Å². The number of aliphatic hydroxyl groups excluding tert-OH is 2. The van der Waals surface area contributed by atoms with E-state index in [1.807, 2.05) is 0 Å². The standard InChI is InChI=1S/C19H32O2.ClH/c1-2-3-4-5-6-7-8-17-9-11-18(12-10-17)13-14-19(21)15-16-20;/h9-12,19-21H,2-8,13-16H2,1H3;1H. The molecule has 0 aromatic heterocycles. The summed E-state index contributed by atoms with van der Waals surface area (Å²) in [7, 11) is 0. The highest BCUT2D eigenvalue weighted by atomic mass is 35.5. The van der Waals surface area contributed by atoms with Crippen LogP contribution in [0.2, 0.25) is 0 Å². The van der Waals surface area contributed by atoms with Crippen LogP contribution in [0.3, 0.4) is 0 Å². The van der Waals surface area contributed by atoms with Crippen LogP contribution in [0.25, 0.3) is 0 Å². The van der Waals surface area contributed by atoms with Crippen LogP contribution in [0.4, 0.5) is 0 Å². The van der Waals surface area contributed by atoms with Gasteiger partial charge in [0.1, 0.15) is 0 Å². The monoisotopic (exact) mass is 328 g/mol. The van der Waals surface area contributed by atoms with Gasteiger partial charge in [0.15, 0.2) is 0 Å². The summed E-state index contributed by atoms with van der Waals surface area (Å²) in [5, 5.41) is 18.4. The lowest BCUT2D eigenvalue weighted by molar-refractivity contribution is 0.125. The number of aliphatic hydroxyl groups is 2. The molecule has 1 unspecified atom stereocenters. The van der Waals surface area contributed by atoms with E-state index in [2.05, 4.69) is 31.2 Å². The van der Waals surface area contributed by atoms with Gasteiger partial charge in [-0.1, -0.05) is 63.3 Å². The summed E-state index contributed by atoms with van der Waals surface area (Å²) in [6.07, 6.45) is 11.0. The predicted octanol–water partition coefficient (Wildman–Crippen LogP) is 4.69. The third-order valence-electron chi connectivity index (χ3n) is 4.07. The fourth-order valence-corrected chi connectivity index (χ4v) is 2.61. The van der Waals surface area contributed by atoms with Gasteiger partial charge in [-0.2, -0.15) is 0 Å². The van der Waals surface area contributed by atoms with E-state index in [4.69, 9.17) is 5.11 Å². The quantitative estimate of drug-likeness (QED) is 0.546. The maximum absolute atomic E-state index is 9.61. The highest BCUT2D eigenvalue weighted by Crippen LogP contribution is 2.13. The summed E-state index contributed by atoms with van der Waals surface area (Å²) < 4.78 is 0. The zero-order chi connectivity index (χ0) is 15.3. The molecule has 1 aromatic carbocycles. The van der Waals surface area contributed by atoms with Crippen molar-refractivity contribution in [2.24, 2.45) is 0 Å². The molecule has 0 spiro atoms. The van der Waals surface area contributed by atoms with E-state index in [-0.39, 0.29) is 25.1 Å². The molecule has 0 heterocycles. The fourth-order valence-electron chi connectivity index (χ4n) is 2.61. The van der Waals surface area contributed by atoms with Crippen molar-refractivity contribution in [3.63, 3.8) is 0 Å². The van der Waals surface area contributed by atoms with E-state index in [0.717, 1.165) is 12.8 Å². The van der Waals surface area contributed by atoms with Crippen LogP contribution in [0, 0.1) is 0 Å². The Morgan fingerprint density at radius 1 is 0.818 bits per heavy atom. The second-order valence-corrected chi connectivity index (χ2v) is 6.04. The number of hydrogen-bond donors (Lipinski definition) is 2. The van der Waals surface area contributed by atoms with Gasteiger partial charge in [-0.15, -0.1) is 12.4 Å². The Morgan fingerprint density at radius 3 is 1.95 bits per heavy atom. The molecular formula is C19H33ClO2. The third kappa shape index (κ3) is 10.2. The number of benzene rings is 1. The van der Waals surface area contributed by atoms with Crippen molar-refractivity contribution in [1.29, 1.82) is 0 Å². The maximum atomic E-state index is 9.61. The molecule has 0 amide bonds. The lowest BCUT2D eigenvalue weighted by Crippen LogP contribution is -2.09. The Morgan fingerprint density at radius 2 is 1.36 bits per heavy atom. The molecule has 0 aliphatic carbocycles. The predicted molar refractivity (Wildman–Crippen MR) is 96.8 cm³/mol. The molecule has 128 valence electrons. The van der Waals surface area contributed by atoms with Gasteiger partial charge in [-0.3, -0.25) is 0 Å². The van der Waals surface area contributed by atoms with Crippen molar-refractivity contribution in [3.8, 4) is 0 Å². The van der Waals surface area contributed by atoms with Crippen LogP contribution in [0.15, 0.2) is 24.3 Å². The van der Waals surface area contributed by atoms with Gasteiger partial charge < -0.3 is 10.2 Å². The van der Waals surface area contributed by atoms with E-state index >= 15 is 0 Å². The van der Waals surface area contributed by atoms with Gasteiger partial charge in [-0.05, 0) is 43.2 Å². The van der Waals surface area contributed by atoms with Gasteiger partial charge in [0.25, 0.3) is 0 Å². The number of hydrogen-bond acceptors (Lipinski definition) is 2. The Labute approximate surface area is 142 Å². The molecule has 0 aliphatic rings. The van der Waals surface area contributed by atoms with Crippen LogP contribution in [0.5, 0.6) is 0 Å². The molecular weight excluding hydrogens is 296 g/mol. The molecule has 1 atom stereocenters. The molecule has 0 radical (unpaired) electrons. The summed E-state index contributed by atoms with van der Waals surface area (Å²) in [4.78, 5) is 0. The van der Waals surface area contributed by atoms with Gasteiger partial charge in [-0.25, -0.2) is 0 Å². The SMILES string of the molecule is CCCCCCCCc1ccc(CCC(O)CCO)cc1.Cl. The average Bonchev–Trinajstić information content (AvgIpc) is 2.50. The van der Waals surface area contributed by atoms with Crippen LogP contribution in [-0.2, 0) is 12.8 Å². The molecule has 0 bridgehead atoms. The molecule has 2 N–H and O–H groups in total. The summed E-state index contributed by atoms with van der Waals surface area (Å²) in [6.45, 7) is 2.32. The van der Waals surface area contributed by atoms with Crippen LogP contribution in [0.1, 0.15) is 69.4 Å². The second-order valence-electron chi connectivity index (χ2n) is 6.04. The first kappa shape index (κ1) is 21.4. The molecule has 0 fully saturated rings. The number of halogens is 1. The fraction of sp³-hybridized carbons (Fsp3) is 0.684. The lowest BCUT2D eigenvalue weighted by Gasteiger charge is -2.09. The largest absolute Gasteiger partial charge is 0.396 e. The first-order valence-electron chi connectivity index (χ1n) is 8.63. The van der Waals surface area contributed by atoms with Crippen molar-refractivity contribution in [2.45, 2.75) is 77.2 Å². The maximum Gasteiger partial charge on any atom is 0.0565 e. The van der Waals surface area contributed by atoms with E-state index in [1.165, 1.54) is 56.1 Å². The number of unbranched alkanes of at least 4 members (excludes halogenated alkanes) is 5. The third-order valence-corrected chi connectivity index (χ3v) is 4.07. The van der Waals surface area contributed by atoms with E-state index in [1.54, 1.807) is 0 Å². The van der Waals surface area contributed by atoms with Crippen LogP contribution < -0.4 is 0 Å². The van der Waals surface area contributed by atoms with Crippen molar-refractivity contribution >= 4 is 12.4 Å². The highest BCUT2D eigenvalue weighted by Gasteiger charge is 2.03. The normalized spacial score (nSPS) is 12.0. The molecule has 1 rings (SSSR count). The lowest BCUT2D eigenvalue weighted by atomic mass is 10.0. The number of aryl methyl sites for hydroxylation is 2. The summed E-state index contributed by atoms with van der Waals surface area (Å²) in [5.41, 5.74) is 2.70. The van der Waals surface area contributed by atoms with Gasteiger partial charge >= 0.3 is 0 Å². The molecule has 0 saturated heterocycles. The van der Waals surface area contributed by atoms with Crippen LogP contribution in [-0.4, -0.2) is 22.9 Å². The first-order chi connectivity index (χ1) is 10.3. The van der Waals surface area contributed by atoms with Crippen molar-refractivity contribution in [2.75, 3.05) is 6.61 Å². The molecule has 1 aromatic rings. The zero-order valence-electron chi connectivity index (χ0n) is 14.0. The molecule has 0 saturated carbocycles. The zero-order valence-corrected chi connectivity index (χ0v) is 14.8. The van der Waals surface area contributed by atoms with Crippen LogP contribution >= 0.6 is 12.4 Å². The van der Waals surface area contributed by atoms with Crippen molar-refractivity contribution in [1.82, 2.24) is 0 Å². The summed E-state index contributed by atoms with van der Waals surface area (Å²) in [6, 6.07) is 8.80. The average molecular weight is 329 g/mol. The van der Waals surface area contributed by atoms with Gasteiger partial charge in [0.05, 0.1) is 6.10 Å². The molecule has 0 aliphatic heterocycles. The summed E-state index contributed by atoms with van der Waals surface area (Å²) >= 11 is 0. The van der Waals surface area contributed by atoms with Crippen molar-refractivity contribution < 1.29 is 10.2 Å². The highest BCUT2D eigenvalue weighted by molar-refractivity contribution is 5.85. The van der Waals surface area contributed by atoms with E-state index in [0.29, 0.717) is 6.42 Å². The van der Waals surface area contributed by atoms with Crippen molar-refractivity contribution in [3.05, 3.63) is 35.4 Å². The molecule has 3 heteroatoms. The second kappa shape index (κ2) is 14.0. The first-order valence-corrected chi connectivity index (χ1v) is 8.63. The smallest absolute Gasteiger partial charge is 0.0565 e. The Hall–Kier alpha value is -0.570.